The van der Waals surface area contributed by atoms with Crippen molar-refractivity contribution in [3.05, 3.63) is 59.0 Å². The first-order valence-corrected chi connectivity index (χ1v) is 6.33. The number of benzene rings is 2. The first-order chi connectivity index (χ1) is 9.11. The lowest BCUT2D eigenvalue weighted by Crippen LogP contribution is -1.89. The highest BCUT2D eigenvalue weighted by atomic mass is 16.3. The van der Waals surface area contributed by atoms with Gasteiger partial charge in [-0.05, 0) is 48.7 Å². The third kappa shape index (κ3) is 2.32. The number of fused-ring (bicyclic) bond motifs is 1. The van der Waals surface area contributed by atoms with Gasteiger partial charge >= 0.3 is 0 Å². The minimum atomic E-state index is 0.688. The van der Waals surface area contributed by atoms with E-state index in [4.69, 9.17) is 10.2 Å². The van der Waals surface area contributed by atoms with Crippen molar-refractivity contribution in [2.24, 2.45) is 0 Å². The van der Waals surface area contributed by atoms with E-state index in [1.54, 1.807) is 0 Å². The summed E-state index contributed by atoms with van der Waals surface area (Å²) in [7, 11) is 0. The minimum absolute atomic E-state index is 0.688. The van der Waals surface area contributed by atoms with Crippen molar-refractivity contribution in [1.29, 1.82) is 0 Å². The standard InChI is InChI=1S/C16H16N2O/c1-10-7-11(2)16-14(8-10)18-15(19-16)9-12-3-5-13(17)6-4-12/h3-8H,9,17H2,1-2H3. The molecular formula is C16H16N2O. The van der Waals surface area contributed by atoms with Crippen LogP contribution in [0.4, 0.5) is 5.69 Å². The Hall–Kier alpha value is -2.29. The number of nitrogen functional groups attached to an aromatic ring is 1. The van der Waals surface area contributed by atoms with Crippen LogP contribution in [0, 0.1) is 13.8 Å². The Morgan fingerprint density at radius 3 is 2.58 bits per heavy atom. The molecule has 0 radical (unpaired) electrons. The molecule has 96 valence electrons. The molecule has 2 N–H and O–H groups in total. The minimum Gasteiger partial charge on any atom is -0.440 e. The van der Waals surface area contributed by atoms with E-state index in [1.165, 1.54) is 5.56 Å². The van der Waals surface area contributed by atoms with Crippen molar-refractivity contribution in [2.45, 2.75) is 20.3 Å². The molecule has 0 aliphatic heterocycles. The highest BCUT2D eigenvalue weighted by Gasteiger charge is 2.09. The van der Waals surface area contributed by atoms with Crippen LogP contribution in [0.25, 0.3) is 11.1 Å². The van der Waals surface area contributed by atoms with E-state index in [-0.39, 0.29) is 0 Å². The van der Waals surface area contributed by atoms with Gasteiger partial charge in [-0.2, -0.15) is 0 Å². The summed E-state index contributed by atoms with van der Waals surface area (Å²) in [6, 6.07) is 12.0. The van der Waals surface area contributed by atoms with Crippen molar-refractivity contribution in [2.75, 3.05) is 5.73 Å². The normalized spacial score (nSPS) is 11.1. The van der Waals surface area contributed by atoms with Gasteiger partial charge in [0.1, 0.15) is 5.52 Å². The van der Waals surface area contributed by atoms with Crippen LogP contribution in [-0.2, 0) is 6.42 Å². The van der Waals surface area contributed by atoms with Crippen LogP contribution in [0.2, 0.25) is 0 Å². The maximum absolute atomic E-state index is 5.85. The Labute approximate surface area is 112 Å². The molecule has 0 saturated heterocycles. The summed E-state index contributed by atoms with van der Waals surface area (Å²) in [6.07, 6.45) is 0.688. The SMILES string of the molecule is Cc1cc(C)c2oc(Cc3ccc(N)cc3)nc2c1. The Balaban J connectivity index is 1.97. The summed E-state index contributed by atoms with van der Waals surface area (Å²) in [5, 5.41) is 0. The average Bonchev–Trinajstić information content (AvgIpc) is 2.75. The molecule has 3 heteroatoms. The van der Waals surface area contributed by atoms with Crippen molar-refractivity contribution in [3.63, 3.8) is 0 Å². The molecule has 0 aliphatic rings. The Morgan fingerprint density at radius 1 is 1.11 bits per heavy atom. The predicted molar refractivity (Wildman–Crippen MR) is 77.1 cm³/mol. The lowest BCUT2D eigenvalue weighted by molar-refractivity contribution is 0.542. The molecule has 19 heavy (non-hydrogen) atoms. The number of nitrogens with zero attached hydrogens (tertiary/aromatic N) is 1. The first-order valence-electron chi connectivity index (χ1n) is 6.33. The predicted octanol–water partition coefficient (Wildman–Crippen LogP) is 3.62. The monoisotopic (exact) mass is 252 g/mol. The topological polar surface area (TPSA) is 52.0 Å². The second kappa shape index (κ2) is 4.43. The molecular weight excluding hydrogens is 236 g/mol. The second-order valence-electron chi connectivity index (χ2n) is 4.96. The number of hydrogen-bond acceptors (Lipinski definition) is 3. The molecule has 0 atom stereocenters. The molecule has 0 saturated carbocycles. The van der Waals surface area contributed by atoms with Gasteiger partial charge in [0.05, 0.1) is 0 Å². The van der Waals surface area contributed by atoms with Crippen LogP contribution in [0.1, 0.15) is 22.6 Å². The number of anilines is 1. The molecule has 3 nitrogen and oxygen atoms in total. The maximum Gasteiger partial charge on any atom is 0.199 e. The van der Waals surface area contributed by atoms with Crippen LogP contribution in [0.15, 0.2) is 40.8 Å². The van der Waals surface area contributed by atoms with E-state index in [9.17, 15) is 0 Å². The van der Waals surface area contributed by atoms with Crippen LogP contribution < -0.4 is 5.73 Å². The Kier molecular flexibility index (Phi) is 2.75. The fourth-order valence-corrected chi connectivity index (χ4v) is 2.31. The molecule has 0 bridgehead atoms. The zero-order valence-corrected chi connectivity index (χ0v) is 11.1. The fourth-order valence-electron chi connectivity index (χ4n) is 2.31. The van der Waals surface area contributed by atoms with Crippen LogP contribution in [0.3, 0.4) is 0 Å². The highest BCUT2D eigenvalue weighted by molar-refractivity contribution is 5.77. The number of aryl methyl sites for hydroxylation is 2. The number of rotatable bonds is 2. The summed E-state index contributed by atoms with van der Waals surface area (Å²) >= 11 is 0. The number of aromatic nitrogens is 1. The zero-order chi connectivity index (χ0) is 13.4. The van der Waals surface area contributed by atoms with Gasteiger partial charge in [0.25, 0.3) is 0 Å². The molecule has 3 rings (SSSR count). The van der Waals surface area contributed by atoms with E-state index >= 15 is 0 Å². The van der Waals surface area contributed by atoms with Crippen molar-refractivity contribution >= 4 is 16.8 Å². The van der Waals surface area contributed by atoms with Gasteiger partial charge in [-0.1, -0.05) is 18.2 Å². The molecule has 1 aromatic heterocycles. The van der Waals surface area contributed by atoms with Gasteiger partial charge in [-0.15, -0.1) is 0 Å². The van der Waals surface area contributed by atoms with Crippen LogP contribution >= 0.6 is 0 Å². The zero-order valence-electron chi connectivity index (χ0n) is 11.1. The van der Waals surface area contributed by atoms with Crippen LogP contribution in [0.5, 0.6) is 0 Å². The Bertz CT molecular complexity index is 726. The molecule has 0 unspecified atom stereocenters. The molecule has 0 aliphatic carbocycles. The van der Waals surface area contributed by atoms with E-state index in [1.807, 2.05) is 31.2 Å². The summed E-state index contributed by atoms with van der Waals surface area (Å²) in [5.41, 5.74) is 11.8. The molecule has 3 aromatic rings. The molecule has 0 spiro atoms. The lowest BCUT2D eigenvalue weighted by atomic mass is 10.1. The van der Waals surface area contributed by atoms with Gasteiger partial charge < -0.3 is 10.2 Å². The summed E-state index contributed by atoms with van der Waals surface area (Å²) in [4.78, 5) is 4.55. The fraction of sp³-hybridized carbons (Fsp3) is 0.188. The number of nitrogens with two attached hydrogens (primary N) is 1. The van der Waals surface area contributed by atoms with E-state index < -0.39 is 0 Å². The summed E-state index contributed by atoms with van der Waals surface area (Å²) in [6.45, 7) is 4.12. The van der Waals surface area contributed by atoms with E-state index in [2.05, 4.69) is 24.0 Å². The van der Waals surface area contributed by atoms with Gasteiger partial charge in [0, 0.05) is 12.1 Å². The number of oxazole rings is 1. The van der Waals surface area contributed by atoms with Gasteiger partial charge in [-0.3, -0.25) is 0 Å². The first kappa shape index (κ1) is 11.8. The molecule has 1 heterocycles. The van der Waals surface area contributed by atoms with Gasteiger partial charge in [0.15, 0.2) is 11.5 Å². The molecule has 0 fully saturated rings. The van der Waals surface area contributed by atoms with Gasteiger partial charge in [-0.25, -0.2) is 4.98 Å². The van der Waals surface area contributed by atoms with Crippen LogP contribution in [-0.4, -0.2) is 4.98 Å². The van der Waals surface area contributed by atoms with E-state index in [0.29, 0.717) is 6.42 Å². The summed E-state index contributed by atoms with van der Waals surface area (Å²) in [5.74, 6) is 0.744. The highest BCUT2D eigenvalue weighted by Crippen LogP contribution is 2.23. The smallest absolute Gasteiger partial charge is 0.199 e. The quantitative estimate of drug-likeness (QED) is 0.709. The third-order valence-electron chi connectivity index (χ3n) is 3.20. The molecule has 0 amide bonds. The average molecular weight is 252 g/mol. The lowest BCUT2D eigenvalue weighted by Gasteiger charge is -1.98. The second-order valence-corrected chi connectivity index (χ2v) is 4.96. The summed E-state index contributed by atoms with van der Waals surface area (Å²) < 4.78 is 5.85. The number of hydrogen-bond donors (Lipinski definition) is 1. The van der Waals surface area contributed by atoms with Crippen molar-refractivity contribution in [3.8, 4) is 0 Å². The van der Waals surface area contributed by atoms with Gasteiger partial charge in [0.2, 0.25) is 0 Å². The van der Waals surface area contributed by atoms with Crippen molar-refractivity contribution in [1.82, 2.24) is 4.98 Å². The van der Waals surface area contributed by atoms with Crippen molar-refractivity contribution < 1.29 is 4.42 Å². The molecule has 2 aromatic carbocycles. The Morgan fingerprint density at radius 2 is 1.84 bits per heavy atom. The largest absolute Gasteiger partial charge is 0.440 e. The third-order valence-corrected chi connectivity index (χ3v) is 3.20. The van der Waals surface area contributed by atoms with E-state index in [0.717, 1.165) is 33.8 Å². The maximum atomic E-state index is 5.85.